The number of ether oxygens (including phenoxy) is 1. The molecule has 1 saturated heterocycles. The highest BCUT2D eigenvalue weighted by molar-refractivity contribution is 5.97. The lowest BCUT2D eigenvalue weighted by atomic mass is 9.91. The van der Waals surface area contributed by atoms with Gasteiger partial charge in [0.2, 0.25) is 0 Å². The third kappa shape index (κ3) is 2.29. The van der Waals surface area contributed by atoms with Crippen LogP contribution in [0.15, 0.2) is 18.2 Å². The summed E-state index contributed by atoms with van der Waals surface area (Å²) in [4.78, 5) is 16.6. The van der Waals surface area contributed by atoms with Gasteiger partial charge >= 0.3 is 0 Å². The van der Waals surface area contributed by atoms with Gasteiger partial charge in [-0.2, -0.15) is 0 Å². The molecule has 1 amide bonds. The van der Waals surface area contributed by atoms with E-state index in [0.717, 1.165) is 37.2 Å². The number of aryl methyl sites for hydroxylation is 1. The highest BCUT2D eigenvalue weighted by atomic mass is 16.5. The Labute approximate surface area is 120 Å². The van der Waals surface area contributed by atoms with Crippen LogP contribution in [0.5, 0.6) is 5.75 Å². The van der Waals surface area contributed by atoms with Crippen molar-refractivity contribution in [1.29, 1.82) is 0 Å². The Morgan fingerprint density at radius 3 is 2.60 bits per heavy atom. The van der Waals surface area contributed by atoms with Crippen LogP contribution in [0, 0.1) is 6.92 Å². The first kappa shape index (κ1) is 13.4. The average Bonchev–Trinajstić information content (AvgIpc) is 2.52. The molecule has 2 aliphatic heterocycles. The number of likely N-dealkylation sites (tertiary alicyclic amines) is 1. The van der Waals surface area contributed by atoms with Crippen LogP contribution in [0.1, 0.15) is 28.8 Å². The zero-order valence-electron chi connectivity index (χ0n) is 12.5. The van der Waals surface area contributed by atoms with Gasteiger partial charge in [-0.05, 0) is 26.1 Å². The maximum atomic E-state index is 12.5. The number of fused-ring (bicyclic) bond motifs is 1. The van der Waals surface area contributed by atoms with Crippen LogP contribution in [0.25, 0.3) is 0 Å². The SMILES string of the molecule is Cc1ccc2c(c1)C(=O)N(C)CC1(CCN(C)CC1)O2. The number of benzene rings is 1. The van der Waals surface area contributed by atoms with E-state index in [1.165, 1.54) is 0 Å². The van der Waals surface area contributed by atoms with Gasteiger partial charge in [0.15, 0.2) is 0 Å². The molecule has 3 rings (SSSR count). The first-order valence-electron chi connectivity index (χ1n) is 7.23. The fourth-order valence-corrected chi connectivity index (χ4v) is 3.16. The maximum absolute atomic E-state index is 12.5. The van der Waals surface area contributed by atoms with E-state index in [0.29, 0.717) is 12.1 Å². The van der Waals surface area contributed by atoms with Gasteiger partial charge < -0.3 is 14.5 Å². The third-order valence-corrected chi connectivity index (χ3v) is 4.46. The first-order chi connectivity index (χ1) is 9.49. The molecule has 0 atom stereocenters. The number of likely N-dealkylation sites (N-methyl/N-ethyl adjacent to an activating group) is 1. The van der Waals surface area contributed by atoms with Gasteiger partial charge in [0.1, 0.15) is 11.4 Å². The molecule has 0 bridgehead atoms. The Morgan fingerprint density at radius 2 is 1.90 bits per heavy atom. The molecule has 4 nitrogen and oxygen atoms in total. The fourth-order valence-electron chi connectivity index (χ4n) is 3.16. The Bertz CT molecular complexity index is 533. The molecule has 20 heavy (non-hydrogen) atoms. The van der Waals surface area contributed by atoms with Gasteiger partial charge in [-0.15, -0.1) is 0 Å². The van der Waals surface area contributed by atoms with Crippen LogP contribution < -0.4 is 4.74 Å². The van der Waals surface area contributed by atoms with Gasteiger partial charge in [0, 0.05) is 33.0 Å². The number of hydrogen-bond acceptors (Lipinski definition) is 3. The molecule has 1 aromatic rings. The minimum Gasteiger partial charge on any atom is -0.484 e. The fraction of sp³-hybridized carbons (Fsp3) is 0.562. The molecule has 0 aliphatic carbocycles. The van der Waals surface area contributed by atoms with E-state index < -0.39 is 0 Å². The number of carbonyl (C=O) groups is 1. The molecule has 0 aromatic heterocycles. The summed E-state index contributed by atoms with van der Waals surface area (Å²) in [7, 11) is 4.01. The number of nitrogens with zero attached hydrogens (tertiary/aromatic N) is 2. The van der Waals surface area contributed by atoms with E-state index in [-0.39, 0.29) is 11.5 Å². The molecule has 2 aliphatic rings. The van der Waals surface area contributed by atoms with Crippen molar-refractivity contribution in [3.63, 3.8) is 0 Å². The lowest BCUT2D eigenvalue weighted by molar-refractivity contribution is -0.00606. The predicted octanol–water partition coefficient (Wildman–Crippen LogP) is 1.92. The average molecular weight is 274 g/mol. The number of piperidine rings is 1. The summed E-state index contributed by atoms with van der Waals surface area (Å²) in [5.41, 5.74) is 1.56. The summed E-state index contributed by atoms with van der Waals surface area (Å²) in [6.45, 7) is 4.71. The summed E-state index contributed by atoms with van der Waals surface area (Å²) >= 11 is 0. The van der Waals surface area contributed by atoms with Gasteiger partial charge in [-0.3, -0.25) is 4.79 Å². The number of hydrogen-bond donors (Lipinski definition) is 0. The highest BCUT2D eigenvalue weighted by Gasteiger charge is 2.41. The Balaban J connectivity index is 1.98. The second-order valence-electron chi connectivity index (χ2n) is 6.25. The number of amides is 1. The van der Waals surface area contributed by atoms with Crippen molar-refractivity contribution < 1.29 is 9.53 Å². The van der Waals surface area contributed by atoms with E-state index in [4.69, 9.17) is 4.74 Å². The van der Waals surface area contributed by atoms with E-state index in [2.05, 4.69) is 11.9 Å². The molecule has 4 heteroatoms. The Hall–Kier alpha value is -1.55. The minimum atomic E-state index is -0.225. The molecule has 0 unspecified atom stereocenters. The van der Waals surface area contributed by atoms with E-state index in [9.17, 15) is 4.79 Å². The summed E-state index contributed by atoms with van der Waals surface area (Å²) in [6.07, 6.45) is 1.93. The maximum Gasteiger partial charge on any atom is 0.257 e. The smallest absolute Gasteiger partial charge is 0.257 e. The van der Waals surface area contributed by atoms with E-state index in [1.54, 1.807) is 0 Å². The zero-order chi connectivity index (χ0) is 14.3. The van der Waals surface area contributed by atoms with Gasteiger partial charge in [-0.25, -0.2) is 0 Å². The van der Waals surface area contributed by atoms with Crippen LogP contribution >= 0.6 is 0 Å². The summed E-state index contributed by atoms with van der Waals surface area (Å²) < 4.78 is 6.34. The lowest BCUT2D eigenvalue weighted by Crippen LogP contribution is -2.52. The summed E-state index contributed by atoms with van der Waals surface area (Å²) in [5.74, 6) is 0.814. The largest absolute Gasteiger partial charge is 0.484 e. The molecule has 0 radical (unpaired) electrons. The standard InChI is InChI=1S/C16H22N2O2/c1-12-4-5-14-13(10-12)15(19)18(3)11-16(20-14)6-8-17(2)9-7-16/h4-5,10H,6-9,11H2,1-3H3. The molecule has 1 aromatic carbocycles. The van der Waals surface area contributed by atoms with E-state index >= 15 is 0 Å². The van der Waals surface area contributed by atoms with Gasteiger partial charge in [-0.1, -0.05) is 11.6 Å². The van der Waals surface area contributed by atoms with Crippen LogP contribution in [0.3, 0.4) is 0 Å². The van der Waals surface area contributed by atoms with Crippen LogP contribution in [-0.2, 0) is 0 Å². The van der Waals surface area contributed by atoms with Crippen molar-refractivity contribution in [3.8, 4) is 5.75 Å². The third-order valence-electron chi connectivity index (χ3n) is 4.46. The second kappa shape index (κ2) is 4.77. The molecule has 0 saturated carbocycles. The predicted molar refractivity (Wildman–Crippen MR) is 78.2 cm³/mol. The molecule has 108 valence electrons. The van der Waals surface area contributed by atoms with Crippen molar-refractivity contribution in [1.82, 2.24) is 9.80 Å². The normalized spacial score (nSPS) is 22.4. The monoisotopic (exact) mass is 274 g/mol. The lowest BCUT2D eigenvalue weighted by Gasteiger charge is -2.41. The van der Waals surface area contributed by atoms with Crippen LogP contribution in [0.4, 0.5) is 0 Å². The number of carbonyl (C=O) groups excluding carboxylic acids is 1. The topological polar surface area (TPSA) is 32.8 Å². The molecule has 2 heterocycles. The zero-order valence-corrected chi connectivity index (χ0v) is 12.5. The van der Waals surface area contributed by atoms with Crippen LogP contribution in [-0.4, -0.2) is 55.0 Å². The first-order valence-corrected chi connectivity index (χ1v) is 7.23. The minimum absolute atomic E-state index is 0.0690. The molecule has 1 fully saturated rings. The summed E-state index contributed by atoms with van der Waals surface area (Å²) in [6, 6.07) is 5.89. The quantitative estimate of drug-likeness (QED) is 0.724. The Morgan fingerprint density at radius 1 is 1.20 bits per heavy atom. The van der Waals surface area contributed by atoms with Crippen molar-refractivity contribution in [2.45, 2.75) is 25.4 Å². The molecule has 0 N–H and O–H groups in total. The number of rotatable bonds is 0. The molecular weight excluding hydrogens is 252 g/mol. The summed E-state index contributed by atoms with van der Waals surface area (Å²) in [5, 5.41) is 0. The van der Waals surface area contributed by atoms with Crippen molar-refractivity contribution in [3.05, 3.63) is 29.3 Å². The van der Waals surface area contributed by atoms with Crippen molar-refractivity contribution in [2.24, 2.45) is 0 Å². The van der Waals surface area contributed by atoms with Gasteiger partial charge in [0.25, 0.3) is 5.91 Å². The molecule has 1 spiro atoms. The van der Waals surface area contributed by atoms with E-state index in [1.807, 2.05) is 37.1 Å². The van der Waals surface area contributed by atoms with Crippen molar-refractivity contribution in [2.75, 3.05) is 33.7 Å². The van der Waals surface area contributed by atoms with Crippen molar-refractivity contribution >= 4 is 5.91 Å². The van der Waals surface area contributed by atoms with Crippen LogP contribution in [0.2, 0.25) is 0 Å². The molecular formula is C16H22N2O2. The Kier molecular flexibility index (Phi) is 3.21. The van der Waals surface area contributed by atoms with Gasteiger partial charge in [0.05, 0.1) is 12.1 Å². The highest BCUT2D eigenvalue weighted by Crippen LogP contribution is 2.35. The second-order valence-corrected chi connectivity index (χ2v) is 6.25.